The van der Waals surface area contributed by atoms with Crippen LogP contribution in [0.1, 0.15) is 103 Å². The molecule has 7 saturated heterocycles. The van der Waals surface area contributed by atoms with Crippen LogP contribution >= 0.6 is 12.6 Å². The van der Waals surface area contributed by atoms with E-state index in [1.807, 2.05) is 0 Å². The van der Waals surface area contributed by atoms with E-state index in [0.29, 0.717) is 110 Å². The molecule has 358 valence electrons. The number of nitrogens with two attached hydrogens (primary N) is 1. The highest BCUT2D eigenvalue weighted by Gasteiger charge is 2.50. The van der Waals surface area contributed by atoms with Crippen molar-refractivity contribution in [3.05, 3.63) is 0 Å². The molecule has 7 aliphatic rings. The average Bonchev–Trinajstić information content (AvgIpc) is 4.16. The van der Waals surface area contributed by atoms with Crippen molar-refractivity contribution in [3.8, 4) is 0 Å². The van der Waals surface area contributed by atoms with E-state index in [2.05, 4.69) is 28.6 Å². The van der Waals surface area contributed by atoms with E-state index in [1.54, 1.807) is 0 Å². The molecule has 21 nitrogen and oxygen atoms in total. The number of rotatable bonds is 15. The van der Waals surface area contributed by atoms with E-state index in [1.165, 1.54) is 29.4 Å². The summed E-state index contributed by atoms with van der Waals surface area (Å²) in [4.78, 5) is 144. The topological polar surface area (TPSA) is 272 Å². The fraction of sp³-hybridized carbons (Fsp3) is 0.767. The number of amides is 9. The number of carbonyl (C=O) groups is 10. The van der Waals surface area contributed by atoms with Gasteiger partial charge in [0, 0.05) is 51.4 Å². The Bertz CT molecular complexity index is 1900. The smallest absolute Gasteiger partial charge is 0.327 e. The molecule has 0 aromatic carbocycles. The summed E-state index contributed by atoms with van der Waals surface area (Å²) in [5.41, 5.74) is 5.41. The molecule has 0 bridgehead atoms. The molecule has 22 heteroatoms. The molecular formula is C43H64N10O11S. The minimum Gasteiger partial charge on any atom is -0.480 e. The Balaban J connectivity index is 0.990. The zero-order chi connectivity index (χ0) is 46.5. The number of carboxylic acid groups (broad SMARTS) is 1. The van der Waals surface area contributed by atoms with Gasteiger partial charge in [0.2, 0.25) is 53.2 Å². The molecule has 6 N–H and O–H groups in total. The number of likely N-dealkylation sites (tertiary alicyclic amines) is 6. The maximum absolute atomic E-state index is 14.5. The normalized spacial score (nSPS) is 28.7. The number of nitrogens with zero attached hydrogens (tertiary/aromatic N) is 6. The highest BCUT2D eigenvalue weighted by molar-refractivity contribution is 7.80. The standard InChI is InChI=1S/C43H64N10O11S/c44-34(54)16-15-26(46-35(55)25-8-1-17-45-25)37(57)49-19-3-10-29(49)39(59)51-21-5-12-31(51)41(61)53-23-7-14-33(53)42(62)52-22-6-13-32(52)40(60)50-20-4-11-30(50)38(58)48-18-2-9-28(48)36(56)47-27(24-65)43(63)64/h25-33,45,65H,1-24H2,(H2,44,54)(H,46,55)(H,47,56)(H,63,64). The second-order valence-electron chi connectivity index (χ2n) is 18.4. The van der Waals surface area contributed by atoms with Gasteiger partial charge in [0.05, 0.1) is 6.04 Å². The molecule has 9 unspecified atom stereocenters. The molecule has 9 amide bonds. The van der Waals surface area contributed by atoms with Crippen LogP contribution in [0, 0.1) is 0 Å². The Morgan fingerprint density at radius 2 is 0.892 bits per heavy atom. The molecule has 0 spiro atoms. The maximum atomic E-state index is 14.5. The molecule has 7 rings (SSSR count). The van der Waals surface area contributed by atoms with Crippen molar-refractivity contribution in [2.75, 3.05) is 51.6 Å². The van der Waals surface area contributed by atoms with Crippen LogP contribution < -0.4 is 21.7 Å². The molecule has 65 heavy (non-hydrogen) atoms. The highest BCUT2D eigenvalue weighted by atomic mass is 32.1. The minimum atomic E-state index is -1.24. The summed E-state index contributed by atoms with van der Waals surface area (Å²) in [7, 11) is 0. The summed E-state index contributed by atoms with van der Waals surface area (Å²) in [6.45, 7) is 2.39. The van der Waals surface area contributed by atoms with Gasteiger partial charge in [-0.25, -0.2) is 4.79 Å². The third-order valence-electron chi connectivity index (χ3n) is 14.4. The van der Waals surface area contributed by atoms with Crippen molar-refractivity contribution in [2.45, 2.75) is 157 Å². The lowest BCUT2D eigenvalue weighted by Gasteiger charge is -2.37. The lowest BCUT2D eigenvalue weighted by molar-refractivity contribution is -0.154. The summed E-state index contributed by atoms with van der Waals surface area (Å²) in [5, 5.41) is 17.8. The third-order valence-corrected chi connectivity index (χ3v) is 14.8. The first-order valence-corrected chi connectivity index (χ1v) is 24.1. The number of hydrogen-bond acceptors (Lipinski definition) is 12. The molecule has 0 aromatic rings. The first-order valence-electron chi connectivity index (χ1n) is 23.5. The van der Waals surface area contributed by atoms with Crippen molar-refractivity contribution in [3.63, 3.8) is 0 Å². The lowest BCUT2D eigenvalue weighted by Crippen LogP contribution is -2.59. The number of hydrogen-bond donors (Lipinski definition) is 6. The molecule has 7 aliphatic heterocycles. The molecule has 0 aliphatic carbocycles. The van der Waals surface area contributed by atoms with Crippen LogP contribution in [0.4, 0.5) is 0 Å². The van der Waals surface area contributed by atoms with Crippen molar-refractivity contribution in [1.82, 2.24) is 45.3 Å². The molecule has 9 atom stereocenters. The van der Waals surface area contributed by atoms with Crippen molar-refractivity contribution >= 4 is 71.8 Å². The molecule has 7 heterocycles. The number of nitrogens with one attached hydrogen (secondary N) is 3. The van der Waals surface area contributed by atoms with Gasteiger partial charge in [-0.05, 0) is 103 Å². The zero-order valence-electron chi connectivity index (χ0n) is 36.9. The van der Waals surface area contributed by atoms with Crippen LogP contribution in [-0.2, 0) is 47.9 Å². The van der Waals surface area contributed by atoms with E-state index in [0.717, 1.165) is 6.42 Å². The number of primary amides is 1. The fourth-order valence-corrected chi connectivity index (χ4v) is 11.3. The van der Waals surface area contributed by atoms with Gasteiger partial charge < -0.3 is 56.2 Å². The Labute approximate surface area is 383 Å². The SMILES string of the molecule is NC(=O)CCC(NC(=O)C1CCCN1)C(=O)N1CCCC1C(=O)N1CCCC1C(=O)N1CCCC1C(=O)N1CCCC1C(=O)N1CCCC1C(=O)N1CCCC1C(=O)NC(CS)C(=O)O. The monoisotopic (exact) mass is 928 g/mol. The largest absolute Gasteiger partial charge is 0.480 e. The van der Waals surface area contributed by atoms with Gasteiger partial charge in [0.1, 0.15) is 48.3 Å². The summed E-state index contributed by atoms with van der Waals surface area (Å²) in [6.07, 6.45) is 6.73. The van der Waals surface area contributed by atoms with Crippen LogP contribution in [0.3, 0.4) is 0 Å². The molecule has 0 saturated carbocycles. The molecular weight excluding hydrogens is 865 g/mol. The Kier molecular flexibility index (Phi) is 15.6. The number of thiol groups is 1. The predicted octanol–water partition coefficient (Wildman–Crippen LogP) is -2.07. The predicted molar refractivity (Wildman–Crippen MR) is 233 cm³/mol. The second-order valence-corrected chi connectivity index (χ2v) is 18.8. The third kappa shape index (κ3) is 10.2. The van der Waals surface area contributed by atoms with Crippen LogP contribution in [0.5, 0.6) is 0 Å². The van der Waals surface area contributed by atoms with Gasteiger partial charge in [-0.15, -0.1) is 0 Å². The van der Waals surface area contributed by atoms with Gasteiger partial charge >= 0.3 is 5.97 Å². The molecule has 7 fully saturated rings. The fourth-order valence-electron chi connectivity index (χ4n) is 11.1. The zero-order valence-corrected chi connectivity index (χ0v) is 37.8. The van der Waals surface area contributed by atoms with Crippen molar-refractivity contribution in [1.29, 1.82) is 0 Å². The second kappa shape index (κ2) is 21.1. The highest BCUT2D eigenvalue weighted by Crippen LogP contribution is 2.33. The summed E-state index contributed by atoms with van der Waals surface area (Å²) in [5.74, 6) is -5.26. The number of carbonyl (C=O) groups excluding carboxylic acids is 9. The van der Waals surface area contributed by atoms with Crippen LogP contribution in [0.15, 0.2) is 0 Å². The van der Waals surface area contributed by atoms with E-state index in [4.69, 9.17) is 5.73 Å². The van der Waals surface area contributed by atoms with E-state index in [-0.39, 0.29) is 73.7 Å². The number of aliphatic carboxylic acids is 1. The van der Waals surface area contributed by atoms with Gasteiger partial charge in [0.25, 0.3) is 0 Å². The van der Waals surface area contributed by atoms with E-state index in [9.17, 15) is 53.1 Å². The van der Waals surface area contributed by atoms with Crippen molar-refractivity contribution < 1.29 is 53.1 Å². The summed E-state index contributed by atoms with van der Waals surface area (Å²) in [6, 6.07) is -7.90. The molecule has 0 aromatic heterocycles. The van der Waals surface area contributed by atoms with Crippen molar-refractivity contribution in [2.24, 2.45) is 5.73 Å². The Morgan fingerprint density at radius 1 is 0.523 bits per heavy atom. The van der Waals surface area contributed by atoms with Crippen LogP contribution in [0.25, 0.3) is 0 Å². The quantitative estimate of drug-likeness (QED) is 0.0968. The summed E-state index contributed by atoms with van der Waals surface area (Å²) >= 11 is 4.02. The lowest BCUT2D eigenvalue weighted by atomic mass is 10.1. The molecule has 0 radical (unpaired) electrons. The Hall–Kier alpha value is -4.99. The first-order chi connectivity index (χ1) is 31.2. The van der Waals surface area contributed by atoms with Crippen LogP contribution in [-0.4, -0.2) is 200 Å². The summed E-state index contributed by atoms with van der Waals surface area (Å²) < 4.78 is 0. The maximum Gasteiger partial charge on any atom is 0.327 e. The van der Waals surface area contributed by atoms with Gasteiger partial charge in [-0.3, -0.25) is 43.2 Å². The number of carboxylic acids is 1. The van der Waals surface area contributed by atoms with E-state index < -0.39 is 78.1 Å². The van der Waals surface area contributed by atoms with Gasteiger partial charge in [-0.1, -0.05) is 0 Å². The van der Waals surface area contributed by atoms with Gasteiger partial charge in [-0.2, -0.15) is 12.6 Å². The minimum absolute atomic E-state index is 0.0202. The average molecular weight is 929 g/mol. The van der Waals surface area contributed by atoms with E-state index >= 15 is 0 Å². The first kappa shape index (κ1) is 48.0. The Morgan fingerprint density at radius 3 is 1.26 bits per heavy atom. The van der Waals surface area contributed by atoms with Crippen LogP contribution in [0.2, 0.25) is 0 Å². The van der Waals surface area contributed by atoms with Gasteiger partial charge in [0.15, 0.2) is 0 Å².